The van der Waals surface area contributed by atoms with Crippen molar-refractivity contribution in [2.45, 2.75) is 4.90 Å². The monoisotopic (exact) mass is 431 g/mol. The first kappa shape index (κ1) is 21.1. The molecule has 1 unspecified atom stereocenters. The van der Waals surface area contributed by atoms with Crippen LogP contribution in [0.15, 0.2) is 35.2 Å². The van der Waals surface area contributed by atoms with Gasteiger partial charge in [-0.1, -0.05) is 0 Å². The lowest BCUT2D eigenvalue weighted by atomic mass is 10.1. The summed E-state index contributed by atoms with van der Waals surface area (Å²) in [5, 5.41) is 21.1. The molecular formula is C14H13N3O9S2. The van der Waals surface area contributed by atoms with E-state index >= 15 is 0 Å². The molecule has 0 fully saturated rings. The Morgan fingerprint density at radius 2 is 1.61 bits per heavy atom. The van der Waals surface area contributed by atoms with Crippen LogP contribution >= 0.6 is 0 Å². The van der Waals surface area contributed by atoms with Gasteiger partial charge in [0.2, 0.25) is 0 Å². The maximum Gasteiger partial charge on any atom is 0.337 e. The average Bonchev–Trinajstić information content (AvgIpc) is 2.55. The van der Waals surface area contributed by atoms with Crippen molar-refractivity contribution in [1.82, 2.24) is 0 Å². The van der Waals surface area contributed by atoms with Gasteiger partial charge in [-0.25, -0.2) is 13.8 Å². The Bertz CT molecular complexity index is 1100. The zero-order valence-corrected chi connectivity index (χ0v) is 15.2. The molecule has 28 heavy (non-hydrogen) atoms. The van der Waals surface area contributed by atoms with E-state index in [0.29, 0.717) is 6.07 Å². The van der Waals surface area contributed by atoms with Crippen molar-refractivity contribution in [2.24, 2.45) is 0 Å². The number of nitrogen functional groups attached to an aromatic ring is 1. The molecule has 0 aliphatic carbocycles. The van der Waals surface area contributed by atoms with Crippen molar-refractivity contribution in [3.8, 4) is 0 Å². The summed E-state index contributed by atoms with van der Waals surface area (Å²) in [6.07, 6.45) is 0. The number of hydrogen-bond acceptors (Lipinski definition) is 7. The Labute approximate surface area is 160 Å². The summed E-state index contributed by atoms with van der Waals surface area (Å²) in [6.45, 7) is 0. The molecule has 0 spiro atoms. The minimum atomic E-state index is -4.66. The quantitative estimate of drug-likeness (QED) is 0.188. The first-order valence-corrected chi connectivity index (χ1v) is 9.61. The number of hydrogen-bond donors (Lipinski definition) is 7. The molecule has 0 radical (unpaired) electrons. The second-order valence-corrected chi connectivity index (χ2v) is 7.38. The molecule has 0 amide bonds. The molecule has 12 nitrogen and oxygen atoms in total. The highest BCUT2D eigenvalue weighted by molar-refractivity contribution is 7.85. The number of aromatic carboxylic acids is 2. The molecular weight excluding hydrogens is 418 g/mol. The molecule has 0 aliphatic heterocycles. The van der Waals surface area contributed by atoms with Crippen molar-refractivity contribution < 1.29 is 41.5 Å². The van der Waals surface area contributed by atoms with Gasteiger partial charge in [-0.3, -0.25) is 13.8 Å². The van der Waals surface area contributed by atoms with Crippen molar-refractivity contribution >= 4 is 56.1 Å². The SMILES string of the molecule is Nc1c(Nc2ccc(S(=O)(=O)O)cc2C(=O)O)cc(NS(=O)O)cc1C(=O)O. The molecule has 2 aromatic carbocycles. The van der Waals surface area contributed by atoms with Gasteiger partial charge in [0.15, 0.2) is 0 Å². The summed E-state index contributed by atoms with van der Waals surface area (Å²) in [5.41, 5.74) is 4.04. The lowest BCUT2D eigenvalue weighted by Crippen LogP contribution is -2.11. The van der Waals surface area contributed by atoms with E-state index in [9.17, 15) is 32.4 Å². The third-order valence-corrected chi connectivity index (χ3v) is 4.66. The molecule has 2 rings (SSSR count). The molecule has 0 saturated heterocycles. The predicted molar refractivity (Wildman–Crippen MR) is 98.7 cm³/mol. The van der Waals surface area contributed by atoms with E-state index in [2.05, 4.69) is 10.0 Å². The summed E-state index contributed by atoms with van der Waals surface area (Å²) < 4.78 is 53.3. The number of nitrogens with one attached hydrogen (secondary N) is 2. The first-order valence-electron chi connectivity index (χ1n) is 7.06. The van der Waals surface area contributed by atoms with Gasteiger partial charge < -0.3 is 21.3 Å². The van der Waals surface area contributed by atoms with Crippen molar-refractivity contribution in [1.29, 1.82) is 0 Å². The van der Waals surface area contributed by atoms with E-state index in [0.717, 1.165) is 24.3 Å². The third kappa shape index (κ3) is 4.74. The van der Waals surface area contributed by atoms with Gasteiger partial charge in [-0.05, 0) is 30.3 Å². The molecule has 0 bridgehead atoms. The molecule has 150 valence electrons. The molecule has 1 atom stereocenters. The smallest absolute Gasteiger partial charge is 0.337 e. The summed E-state index contributed by atoms with van der Waals surface area (Å²) in [4.78, 5) is 22.1. The van der Waals surface area contributed by atoms with Crippen LogP contribution in [0.25, 0.3) is 0 Å². The van der Waals surface area contributed by atoms with Crippen LogP contribution in [0.2, 0.25) is 0 Å². The van der Waals surface area contributed by atoms with E-state index in [1.807, 2.05) is 0 Å². The Hall–Kier alpha value is -3.20. The summed E-state index contributed by atoms with van der Waals surface area (Å²) in [5.74, 6) is -3.00. The van der Waals surface area contributed by atoms with Crippen LogP contribution in [0.5, 0.6) is 0 Å². The molecule has 14 heteroatoms. The highest BCUT2D eigenvalue weighted by Crippen LogP contribution is 2.32. The zero-order chi connectivity index (χ0) is 21.2. The van der Waals surface area contributed by atoms with Crippen molar-refractivity contribution in [3.63, 3.8) is 0 Å². The average molecular weight is 431 g/mol. The van der Waals surface area contributed by atoms with E-state index in [4.69, 9.17) is 14.8 Å². The Balaban J connectivity index is 2.61. The van der Waals surface area contributed by atoms with E-state index in [1.54, 1.807) is 0 Å². The Morgan fingerprint density at radius 3 is 2.11 bits per heavy atom. The topological polar surface area (TPSA) is 216 Å². The van der Waals surface area contributed by atoms with Gasteiger partial charge in [0, 0.05) is 0 Å². The van der Waals surface area contributed by atoms with Gasteiger partial charge in [0.25, 0.3) is 21.4 Å². The normalized spacial score (nSPS) is 12.2. The third-order valence-electron chi connectivity index (χ3n) is 3.40. The summed E-state index contributed by atoms with van der Waals surface area (Å²) in [7, 11) is -4.66. The Morgan fingerprint density at radius 1 is 1.00 bits per heavy atom. The lowest BCUT2D eigenvalue weighted by Gasteiger charge is -2.15. The van der Waals surface area contributed by atoms with E-state index in [1.165, 1.54) is 0 Å². The number of carboxylic acids is 2. The zero-order valence-electron chi connectivity index (χ0n) is 13.6. The Kier molecular flexibility index (Phi) is 5.89. The van der Waals surface area contributed by atoms with E-state index < -0.39 is 49.3 Å². The van der Waals surface area contributed by atoms with Crippen LogP contribution < -0.4 is 15.8 Å². The van der Waals surface area contributed by atoms with Gasteiger partial charge in [-0.2, -0.15) is 8.42 Å². The van der Waals surface area contributed by atoms with Crippen LogP contribution in [-0.4, -0.2) is 43.9 Å². The second kappa shape index (κ2) is 7.81. The van der Waals surface area contributed by atoms with Crippen LogP contribution in [-0.2, 0) is 21.4 Å². The predicted octanol–water partition coefficient (Wildman–Crippen LogP) is 1.20. The number of rotatable bonds is 7. The molecule has 2 aromatic rings. The van der Waals surface area contributed by atoms with Crippen LogP contribution in [0.3, 0.4) is 0 Å². The van der Waals surface area contributed by atoms with Crippen molar-refractivity contribution in [2.75, 3.05) is 15.8 Å². The van der Waals surface area contributed by atoms with Crippen LogP contribution in [0, 0.1) is 0 Å². The highest BCUT2D eigenvalue weighted by Gasteiger charge is 2.20. The minimum absolute atomic E-state index is 0.110. The van der Waals surface area contributed by atoms with Gasteiger partial charge in [0.1, 0.15) is 0 Å². The molecule has 0 saturated carbocycles. The lowest BCUT2D eigenvalue weighted by molar-refractivity contribution is 0.0686. The largest absolute Gasteiger partial charge is 0.478 e. The fourth-order valence-electron chi connectivity index (χ4n) is 2.21. The van der Waals surface area contributed by atoms with Crippen LogP contribution in [0.4, 0.5) is 22.7 Å². The summed E-state index contributed by atoms with van der Waals surface area (Å²) >= 11 is -2.52. The number of carbonyl (C=O) groups is 2. The minimum Gasteiger partial charge on any atom is -0.478 e. The van der Waals surface area contributed by atoms with Crippen molar-refractivity contribution in [3.05, 3.63) is 41.5 Å². The van der Waals surface area contributed by atoms with Crippen LogP contribution in [0.1, 0.15) is 20.7 Å². The molecule has 8 N–H and O–H groups in total. The maximum atomic E-state index is 11.4. The molecule has 0 aromatic heterocycles. The molecule has 0 heterocycles. The number of benzene rings is 2. The fraction of sp³-hybridized carbons (Fsp3) is 0. The first-order chi connectivity index (χ1) is 12.9. The number of anilines is 4. The standard InChI is InChI=1S/C14H13N3O9S2/c15-12-9(14(20)21)3-6(17-27(22)23)4-11(12)16-10-2-1-7(28(24,25)26)5-8(10)13(18)19/h1-5,16-17H,15H2,(H,18,19)(H,20,21)(H,22,23)(H,24,25,26). The number of carboxylic acid groups (broad SMARTS) is 2. The fourth-order valence-corrected chi connectivity index (χ4v) is 3.03. The summed E-state index contributed by atoms with van der Waals surface area (Å²) in [6, 6.07) is 4.79. The molecule has 0 aliphatic rings. The van der Waals surface area contributed by atoms with E-state index in [-0.39, 0.29) is 22.7 Å². The highest BCUT2D eigenvalue weighted by atomic mass is 32.2. The van der Waals surface area contributed by atoms with Gasteiger partial charge in [0.05, 0.1) is 38.8 Å². The van der Waals surface area contributed by atoms with Gasteiger partial charge in [-0.15, -0.1) is 0 Å². The second-order valence-electron chi connectivity index (χ2n) is 5.25. The maximum absolute atomic E-state index is 11.4. The van der Waals surface area contributed by atoms with Gasteiger partial charge >= 0.3 is 11.9 Å². The number of nitrogens with two attached hydrogens (primary N) is 1.